The summed E-state index contributed by atoms with van der Waals surface area (Å²) < 4.78 is 22.1. The zero-order chi connectivity index (χ0) is 25.7. The van der Waals surface area contributed by atoms with E-state index in [9.17, 15) is 14.4 Å². The summed E-state index contributed by atoms with van der Waals surface area (Å²) in [7, 11) is 0. The summed E-state index contributed by atoms with van der Waals surface area (Å²) in [6.45, 7) is 3.99. The van der Waals surface area contributed by atoms with Gasteiger partial charge >= 0.3 is 6.09 Å². The fourth-order valence-electron chi connectivity index (χ4n) is 4.13. The summed E-state index contributed by atoms with van der Waals surface area (Å²) in [5, 5.41) is 31.6. The smallest absolute Gasteiger partial charge is 0.404 e. The number of nitrogens with zero attached hydrogens (tertiary/aromatic N) is 5. The zero-order valence-corrected chi connectivity index (χ0v) is 19.9. The van der Waals surface area contributed by atoms with E-state index in [1.54, 1.807) is 36.1 Å². The van der Waals surface area contributed by atoms with Gasteiger partial charge in [0, 0.05) is 18.4 Å². The van der Waals surface area contributed by atoms with E-state index in [0.717, 1.165) is 25.3 Å². The molecule has 0 unspecified atom stereocenters. The molecule has 1 amide bonds. The molecule has 0 aromatic carbocycles. The number of pyridine rings is 2. The minimum atomic E-state index is -1.15. The summed E-state index contributed by atoms with van der Waals surface area (Å²) in [5.74, 6) is -0.0911. The number of nitrogens with one attached hydrogen (secondary N) is 3. The largest absolute Gasteiger partial charge is 0.476 e. The van der Waals surface area contributed by atoms with Crippen LogP contribution in [0.2, 0.25) is 0 Å². The number of halogens is 1. The molecule has 188 valence electrons. The van der Waals surface area contributed by atoms with Crippen LogP contribution in [0.5, 0.6) is 5.88 Å². The quantitative estimate of drug-likeness (QED) is 0.327. The number of ether oxygens (including phenoxy) is 1. The van der Waals surface area contributed by atoms with E-state index < -0.39 is 18.0 Å². The summed E-state index contributed by atoms with van der Waals surface area (Å²) >= 11 is 0. The summed E-state index contributed by atoms with van der Waals surface area (Å²) in [6.07, 6.45) is 6.58. The molecule has 2 atom stereocenters. The Labute approximate surface area is 207 Å². The third-order valence-electron chi connectivity index (χ3n) is 6.07. The van der Waals surface area contributed by atoms with E-state index in [4.69, 9.17) is 9.84 Å². The van der Waals surface area contributed by atoms with Gasteiger partial charge in [-0.1, -0.05) is 6.42 Å². The molecule has 0 radical (unpaired) electrons. The number of amides is 1. The molecule has 1 fully saturated rings. The van der Waals surface area contributed by atoms with Gasteiger partial charge < -0.3 is 25.8 Å². The van der Waals surface area contributed by atoms with Crippen LogP contribution in [0.25, 0.3) is 5.69 Å². The number of rotatable bonds is 10. The molecule has 1 aliphatic rings. The molecule has 1 aliphatic carbocycles. The highest BCUT2D eigenvalue weighted by atomic mass is 19.1. The van der Waals surface area contributed by atoms with Crippen molar-refractivity contribution in [1.29, 1.82) is 5.26 Å². The van der Waals surface area contributed by atoms with Gasteiger partial charge in [0.25, 0.3) is 0 Å². The number of carboxylic acid groups (broad SMARTS) is 1. The number of aromatic nitrogens is 4. The zero-order valence-electron chi connectivity index (χ0n) is 19.9. The molecular weight excluding hydrogens is 467 g/mol. The minimum absolute atomic E-state index is 0.00415. The Morgan fingerprint density at radius 1 is 1.39 bits per heavy atom. The molecule has 0 saturated heterocycles. The number of nitriles is 1. The lowest BCUT2D eigenvalue weighted by molar-refractivity contribution is 0.180. The minimum Gasteiger partial charge on any atom is -0.476 e. The fraction of sp³-hybridized carbons (Fsp3) is 0.375. The number of hydrogen-bond donors (Lipinski definition) is 4. The molecule has 3 heterocycles. The Bertz CT molecular complexity index is 1260. The topological polar surface area (TPSA) is 150 Å². The lowest BCUT2D eigenvalue weighted by Gasteiger charge is -2.38. The van der Waals surface area contributed by atoms with Crippen LogP contribution < -0.4 is 20.7 Å². The molecule has 0 spiro atoms. The van der Waals surface area contributed by atoms with Gasteiger partial charge in [-0.15, -0.1) is 0 Å². The monoisotopic (exact) mass is 494 g/mol. The van der Waals surface area contributed by atoms with Gasteiger partial charge in [0.1, 0.15) is 11.8 Å². The van der Waals surface area contributed by atoms with Crippen LogP contribution in [0.3, 0.4) is 0 Å². The number of carbonyl (C=O) groups is 1. The lowest BCUT2D eigenvalue weighted by atomic mass is 9.77. The van der Waals surface area contributed by atoms with Gasteiger partial charge in [0.15, 0.2) is 17.5 Å². The third-order valence-corrected chi connectivity index (χ3v) is 6.07. The molecule has 1 saturated carbocycles. The van der Waals surface area contributed by atoms with Gasteiger partial charge in [-0.05, 0) is 50.8 Å². The number of hydrogen-bond acceptors (Lipinski definition) is 8. The summed E-state index contributed by atoms with van der Waals surface area (Å²) in [6, 6.07) is 5.72. The average Bonchev–Trinajstić information content (AvgIpc) is 3.34. The molecule has 4 N–H and O–H groups in total. The second-order valence-electron chi connectivity index (χ2n) is 8.48. The van der Waals surface area contributed by atoms with Crippen LogP contribution in [-0.4, -0.2) is 49.6 Å². The highest BCUT2D eigenvalue weighted by molar-refractivity contribution is 5.67. The first-order valence-electron chi connectivity index (χ1n) is 11.7. The van der Waals surface area contributed by atoms with Crippen molar-refractivity contribution in [1.82, 2.24) is 25.1 Å². The van der Waals surface area contributed by atoms with Crippen LogP contribution in [0.4, 0.5) is 26.5 Å². The second kappa shape index (κ2) is 10.9. The predicted molar refractivity (Wildman–Crippen MR) is 130 cm³/mol. The van der Waals surface area contributed by atoms with E-state index >= 15 is 0 Å². The molecule has 4 rings (SSSR count). The van der Waals surface area contributed by atoms with E-state index in [1.807, 2.05) is 13.0 Å². The Balaban J connectivity index is 1.65. The molecule has 36 heavy (non-hydrogen) atoms. The van der Waals surface area contributed by atoms with Crippen molar-refractivity contribution < 1.29 is 19.0 Å². The third kappa shape index (κ3) is 5.46. The molecular formula is C24H27FN8O3. The van der Waals surface area contributed by atoms with Crippen LogP contribution in [0.15, 0.2) is 36.8 Å². The molecule has 3 aromatic rings. The predicted octanol–water partition coefficient (Wildman–Crippen LogP) is 4.05. The maximum absolute atomic E-state index is 14.9. The van der Waals surface area contributed by atoms with Crippen LogP contribution in [-0.2, 0) is 0 Å². The van der Waals surface area contributed by atoms with Crippen LogP contribution >= 0.6 is 0 Å². The Kier molecular flexibility index (Phi) is 7.48. The maximum Gasteiger partial charge on any atom is 0.404 e. The Morgan fingerprint density at radius 3 is 2.81 bits per heavy atom. The highest BCUT2D eigenvalue weighted by Crippen LogP contribution is 2.34. The average molecular weight is 495 g/mol. The van der Waals surface area contributed by atoms with Gasteiger partial charge in [0.2, 0.25) is 5.88 Å². The van der Waals surface area contributed by atoms with Crippen molar-refractivity contribution >= 4 is 23.4 Å². The SMILES string of the molecule is CCOc1ncc(Nc2nc(N[C@H](C3CCC3)[C@H](C)NC(=O)O)c(F)cc2C#N)cc1-n1cccn1. The molecule has 0 aliphatic heterocycles. The van der Waals surface area contributed by atoms with E-state index in [2.05, 4.69) is 31.0 Å². The van der Waals surface area contributed by atoms with E-state index in [0.29, 0.717) is 23.9 Å². The first-order valence-corrected chi connectivity index (χ1v) is 11.7. The standard InChI is InChI=1S/C24H27FN8O3/c1-3-36-23-19(33-9-5-8-28-33)11-17(13-27-23)30-21-16(12-26)10-18(25)22(32-21)31-20(15-6-4-7-15)14(2)29-24(34)35/h5,8-11,13-15,20,29H,3-4,6-7H2,1-2H3,(H,34,35)(H2,30,31,32)/t14-,20-/m0/s1. The van der Waals surface area contributed by atoms with Crippen molar-refractivity contribution in [2.75, 3.05) is 17.2 Å². The lowest BCUT2D eigenvalue weighted by Crippen LogP contribution is -2.50. The van der Waals surface area contributed by atoms with Crippen molar-refractivity contribution in [3.63, 3.8) is 0 Å². The maximum atomic E-state index is 14.9. The normalized spacial score (nSPS) is 14.7. The van der Waals surface area contributed by atoms with Crippen molar-refractivity contribution in [2.24, 2.45) is 5.92 Å². The Hall–Kier alpha value is -4.40. The first kappa shape index (κ1) is 24.7. The van der Waals surface area contributed by atoms with Crippen molar-refractivity contribution in [3.05, 3.63) is 48.2 Å². The van der Waals surface area contributed by atoms with E-state index in [1.165, 1.54) is 6.20 Å². The number of anilines is 3. The van der Waals surface area contributed by atoms with Gasteiger partial charge in [-0.2, -0.15) is 10.4 Å². The molecule has 12 heteroatoms. The van der Waals surface area contributed by atoms with Crippen molar-refractivity contribution in [3.8, 4) is 17.6 Å². The fourth-order valence-corrected chi connectivity index (χ4v) is 4.13. The highest BCUT2D eigenvalue weighted by Gasteiger charge is 2.33. The summed E-state index contributed by atoms with van der Waals surface area (Å²) in [4.78, 5) is 19.9. The molecule has 11 nitrogen and oxygen atoms in total. The molecule has 3 aromatic heterocycles. The molecule has 0 bridgehead atoms. The van der Waals surface area contributed by atoms with E-state index in [-0.39, 0.29) is 29.2 Å². The first-order chi connectivity index (χ1) is 17.4. The van der Waals surface area contributed by atoms with Crippen molar-refractivity contribution in [2.45, 2.75) is 45.2 Å². The summed E-state index contributed by atoms with van der Waals surface area (Å²) in [5.41, 5.74) is 1.07. The van der Waals surface area contributed by atoms with Gasteiger partial charge in [0.05, 0.1) is 30.1 Å². The van der Waals surface area contributed by atoms with Gasteiger partial charge in [-0.3, -0.25) is 0 Å². The van der Waals surface area contributed by atoms with Crippen LogP contribution in [0, 0.1) is 23.1 Å². The van der Waals surface area contributed by atoms with Gasteiger partial charge in [-0.25, -0.2) is 23.8 Å². The second-order valence-corrected chi connectivity index (χ2v) is 8.48. The van der Waals surface area contributed by atoms with Crippen LogP contribution in [0.1, 0.15) is 38.7 Å². The Morgan fingerprint density at radius 2 is 2.19 bits per heavy atom.